The van der Waals surface area contributed by atoms with Gasteiger partial charge in [-0.05, 0) is 23.2 Å². The van der Waals surface area contributed by atoms with Gasteiger partial charge in [0.25, 0.3) is 0 Å². The third-order valence-corrected chi connectivity index (χ3v) is 3.69. The summed E-state index contributed by atoms with van der Waals surface area (Å²) >= 11 is 11.7. The van der Waals surface area contributed by atoms with E-state index in [2.05, 4.69) is 15.0 Å². The Kier molecular flexibility index (Phi) is 11.1. The van der Waals surface area contributed by atoms with Gasteiger partial charge in [0.2, 0.25) is 16.5 Å². The summed E-state index contributed by atoms with van der Waals surface area (Å²) in [5.41, 5.74) is 0. The molecular formula is C15H24Cl2N4O5. The highest BCUT2D eigenvalue weighted by Gasteiger charge is 2.13. The molecule has 0 atom stereocenters. The molecule has 0 unspecified atom stereocenters. The summed E-state index contributed by atoms with van der Waals surface area (Å²) in [6, 6.07) is 0. The Bertz CT molecular complexity index is 477. The molecule has 0 bridgehead atoms. The molecule has 1 aromatic rings. The number of hydrogen-bond donors (Lipinski definition) is 0. The van der Waals surface area contributed by atoms with Crippen molar-refractivity contribution in [2.45, 2.75) is 0 Å². The molecule has 0 amide bonds. The summed E-state index contributed by atoms with van der Waals surface area (Å²) < 4.78 is 27.4. The standard InChI is InChI=1S/C15H24Cl2N4O5/c16-13-18-14(17)20-15(19-13)21-1-3-22-5-7-24-9-11-26-12-10-25-8-6-23-4-2-21/h1-12H2. The van der Waals surface area contributed by atoms with Gasteiger partial charge >= 0.3 is 0 Å². The Morgan fingerprint density at radius 2 is 0.885 bits per heavy atom. The van der Waals surface area contributed by atoms with Crippen molar-refractivity contribution in [1.82, 2.24) is 15.0 Å². The maximum atomic E-state index is 5.87. The molecule has 1 aliphatic heterocycles. The van der Waals surface area contributed by atoms with Gasteiger partial charge < -0.3 is 28.6 Å². The van der Waals surface area contributed by atoms with Gasteiger partial charge in [-0.3, -0.25) is 0 Å². The number of ether oxygens (including phenoxy) is 5. The van der Waals surface area contributed by atoms with Crippen LogP contribution in [0, 0.1) is 0 Å². The Morgan fingerprint density at radius 1 is 0.538 bits per heavy atom. The summed E-state index contributed by atoms with van der Waals surface area (Å²) in [4.78, 5) is 13.9. The quantitative estimate of drug-likeness (QED) is 0.674. The SMILES string of the molecule is Clc1nc(Cl)nc(N2CCOCCOCCOCCOCCOCC2)n1. The van der Waals surface area contributed by atoms with E-state index in [4.69, 9.17) is 46.9 Å². The lowest BCUT2D eigenvalue weighted by Crippen LogP contribution is -2.33. The van der Waals surface area contributed by atoms with E-state index in [1.165, 1.54) is 0 Å². The van der Waals surface area contributed by atoms with Crippen molar-refractivity contribution in [3.63, 3.8) is 0 Å². The maximum Gasteiger partial charge on any atom is 0.231 e. The fourth-order valence-electron chi connectivity index (χ4n) is 2.10. The predicted molar refractivity (Wildman–Crippen MR) is 96.2 cm³/mol. The van der Waals surface area contributed by atoms with Crippen LogP contribution in [-0.4, -0.2) is 94.1 Å². The normalized spacial score (nSPS) is 20.3. The number of nitrogens with zero attached hydrogens (tertiary/aromatic N) is 4. The number of hydrogen-bond acceptors (Lipinski definition) is 9. The summed E-state index contributed by atoms with van der Waals surface area (Å²) in [6.45, 7) is 6.19. The first-order valence-electron chi connectivity index (χ1n) is 8.46. The van der Waals surface area contributed by atoms with Crippen molar-refractivity contribution in [3.8, 4) is 0 Å². The zero-order valence-electron chi connectivity index (χ0n) is 14.6. The molecule has 0 aliphatic carbocycles. The van der Waals surface area contributed by atoms with Crippen molar-refractivity contribution in [1.29, 1.82) is 0 Å². The van der Waals surface area contributed by atoms with Crippen molar-refractivity contribution in [3.05, 3.63) is 10.6 Å². The van der Waals surface area contributed by atoms with E-state index in [1.807, 2.05) is 4.90 Å². The van der Waals surface area contributed by atoms with Gasteiger partial charge in [0.1, 0.15) is 0 Å². The lowest BCUT2D eigenvalue weighted by molar-refractivity contribution is -0.0116. The average molecular weight is 411 g/mol. The van der Waals surface area contributed by atoms with Crippen LogP contribution in [0.5, 0.6) is 0 Å². The first-order valence-corrected chi connectivity index (χ1v) is 9.22. The lowest BCUT2D eigenvalue weighted by Gasteiger charge is -2.22. The fourth-order valence-corrected chi connectivity index (χ4v) is 2.46. The molecule has 26 heavy (non-hydrogen) atoms. The smallest absolute Gasteiger partial charge is 0.231 e. The molecule has 0 aromatic carbocycles. The molecule has 1 saturated heterocycles. The Hall–Kier alpha value is -0.810. The van der Waals surface area contributed by atoms with Gasteiger partial charge in [-0.25, -0.2) is 0 Å². The van der Waals surface area contributed by atoms with Gasteiger partial charge in [-0.1, -0.05) is 0 Å². The van der Waals surface area contributed by atoms with Crippen LogP contribution < -0.4 is 4.90 Å². The monoisotopic (exact) mass is 410 g/mol. The minimum Gasteiger partial charge on any atom is -0.377 e. The number of anilines is 1. The highest BCUT2D eigenvalue weighted by atomic mass is 35.5. The van der Waals surface area contributed by atoms with Crippen molar-refractivity contribution < 1.29 is 23.7 Å². The van der Waals surface area contributed by atoms with Crippen LogP contribution in [0.2, 0.25) is 10.6 Å². The van der Waals surface area contributed by atoms with E-state index in [9.17, 15) is 0 Å². The fraction of sp³-hybridized carbons (Fsp3) is 0.800. The van der Waals surface area contributed by atoms with E-state index in [0.717, 1.165) is 0 Å². The van der Waals surface area contributed by atoms with Gasteiger partial charge in [0.15, 0.2) is 0 Å². The number of rotatable bonds is 1. The van der Waals surface area contributed by atoms with E-state index < -0.39 is 0 Å². The van der Waals surface area contributed by atoms with Crippen LogP contribution in [0.4, 0.5) is 5.95 Å². The predicted octanol–water partition coefficient (Wildman–Crippen LogP) is 1.08. The van der Waals surface area contributed by atoms with Crippen molar-refractivity contribution >= 4 is 29.2 Å². The van der Waals surface area contributed by atoms with Gasteiger partial charge in [-0.2, -0.15) is 15.0 Å². The van der Waals surface area contributed by atoms with Gasteiger partial charge in [-0.15, -0.1) is 0 Å². The number of aromatic nitrogens is 3. The van der Waals surface area contributed by atoms with Gasteiger partial charge in [0, 0.05) is 13.1 Å². The molecule has 1 fully saturated rings. The van der Waals surface area contributed by atoms with Crippen LogP contribution in [-0.2, 0) is 23.7 Å². The zero-order valence-corrected chi connectivity index (χ0v) is 16.1. The molecule has 0 radical (unpaired) electrons. The molecule has 0 N–H and O–H groups in total. The molecule has 9 nitrogen and oxygen atoms in total. The topological polar surface area (TPSA) is 88.1 Å². The molecule has 1 aromatic heterocycles. The minimum absolute atomic E-state index is 0.0466. The molecule has 0 saturated carbocycles. The van der Waals surface area contributed by atoms with Crippen LogP contribution in [0.3, 0.4) is 0 Å². The van der Waals surface area contributed by atoms with Crippen LogP contribution in [0.15, 0.2) is 0 Å². The van der Waals surface area contributed by atoms with E-state index in [-0.39, 0.29) is 10.6 Å². The van der Waals surface area contributed by atoms with Gasteiger partial charge in [0.05, 0.1) is 66.1 Å². The van der Waals surface area contributed by atoms with E-state index >= 15 is 0 Å². The molecule has 0 spiro atoms. The first-order chi connectivity index (χ1) is 12.8. The van der Waals surface area contributed by atoms with Crippen molar-refractivity contribution in [2.75, 3.05) is 84.1 Å². The van der Waals surface area contributed by atoms with Crippen molar-refractivity contribution in [2.24, 2.45) is 0 Å². The Balaban J connectivity index is 1.86. The molecule has 2 heterocycles. The molecule has 148 valence electrons. The van der Waals surface area contributed by atoms with E-state index in [1.54, 1.807) is 0 Å². The summed E-state index contributed by atoms with van der Waals surface area (Å²) in [7, 11) is 0. The average Bonchev–Trinajstić information content (AvgIpc) is 2.61. The summed E-state index contributed by atoms with van der Waals surface area (Å²) in [5.74, 6) is 0.390. The Labute approximate surface area is 162 Å². The Morgan fingerprint density at radius 3 is 1.27 bits per heavy atom. The van der Waals surface area contributed by atoms with E-state index in [0.29, 0.717) is 85.1 Å². The molecule has 1 aliphatic rings. The second kappa shape index (κ2) is 13.4. The second-order valence-electron chi connectivity index (χ2n) is 5.22. The third kappa shape index (κ3) is 9.22. The highest BCUT2D eigenvalue weighted by Crippen LogP contribution is 2.13. The second-order valence-corrected chi connectivity index (χ2v) is 5.90. The highest BCUT2D eigenvalue weighted by molar-refractivity contribution is 6.31. The summed E-state index contributed by atoms with van der Waals surface area (Å²) in [5, 5.41) is 0.0932. The lowest BCUT2D eigenvalue weighted by atomic mass is 10.5. The first kappa shape index (κ1) is 21.5. The minimum atomic E-state index is 0.0466. The summed E-state index contributed by atoms with van der Waals surface area (Å²) in [6.07, 6.45) is 0. The third-order valence-electron chi connectivity index (χ3n) is 3.35. The molecular weight excluding hydrogens is 387 g/mol. The van der Waals surface area contributed by atoms with Crippen LogP contribution in [0.1, 0.15) is 0 Å². The molecule has 2 rings (SSSR count). The zero-order chi connectivity index (χ0) is 18.5. The number of halogens is 2. The largest absolute Gasteiger partial charge is 0.377 e. The molecule has 11 heteroatoms. The maximum absolute atomic E-state index is 5.87. The van der Waals surface area contributed by atoms with Crippen LogP contribution in [0.25, 0.3) is 0 Å². The van der Waals surface area contributed by atoms with Crippen LogP contribution >= 0.6 is 23.2 Å².